The number of ether oxygens (including phenoxy) is 1. The summed E-state index contributed by atoms with van der Waals surface area (Å²) < 4.78 is 36.7. The minimum atomic E-state index is -2.87. The number of nitrogens with zero attached hydrogens (tertiary/aromatic N) is 7. The molecule has 4 heterocycles. The molecule has 11 nitrogen and oxygen atoms in total. The topological polar surface area (TPSA) is 134 Å². The Kier molecular flexibility index (Phi) is 5.79. The van der Waals surface area contributed by atoms with Crippen molar-refractivity contribution in [3.05, 3.63) is 61.1 Å². The van der Waals surface area contributed by atoms with Gasteiger partial charge >= 0.3 is 12.4 Å². The molecule has 0 aliphatic rings. The van der Waals surface area contributed by atoms with E-state index in [4.69, 9.17) is 9.15 Å². The third-order valence-electron chi connectivity index (χ3n) is 4.98. The highest BCUT2D eigenvalue weighted by Crippen LogP contribution is 2.31. The molecule has 4 aromatic heterocycles. The summed E-state index contributed by atoms with van der Waals surface area (Å²) in [6, 6.07) is 9.15. The van der Waals surface area contributed by atoms with Gasteiger partial charge in [0, 0.05) is 29.8 Å². The second-order valence-corrected chi connectivity index (χ2v) is 7.22. The summed E-state index contributed by atoms with van der Waals surface area (Å²) in [6.45, 7) is -0.0197. The summed E-state index contributed by atoms with van der Waals surface area (Å²) in [6.07, 6.45) is 3.11. The molecule has 0 unspecified atom stereocenters. The normalized spacial score (nSPS) is 11.2. The molecule has 0 fully saturated rings. The van der Waals surface area contributed by atoms with E-state index in [0.717, 1.165) is 5.56 Å². The zero-order chi connectivity index (χ0) is 24.4. The number of fused-ring (bicyclic) bond motifs is 1. The number of aromatic nitrogens is 7. The lowest BCUT2D eigenvalue weighted by atomic mass is 10.1. The van der Waals surface area contributed by atoms with Crippen LogP contribution in [0.5, 0.6) is 0 Å². The van der Waals surface area contributed by atoms with Crippen molar-refractivity contribution in [3.63, 3.8) is 0 Å². The number of benzene rings is 1. The molecule has 176 valence electrons. The van der Waals surface area contributed by atoms with Crippen molar-refractivity contribution in [2.24, 2.45) is 0 Å². The average Bonchev–Trinajstić information content (AvgIpc) is 3.53. The van der Waals surface area contributed by atoms with Crippen LogP contribution in [0.15, 0.2) is 59.7 Å². The predicted octanol–water partition coefficient (Wildman–Crippen LogP) is 3.79. The maximum absolute atomic E-state index is 12.7. The first-order valence-corrected chi connectivity index (χ1v) is 10.2. The number of anilines is 2. The van der Waals surface area contributed by atoms with Gasteiger partial charge in [0.15, 0.2) is 0 Å². The minimum Gasteiger partial charge on any atom is -0.468 e. The molecule has 0 bridgehead atoms. The second kappa shape index (κ2) is 9.21. The molecule has 13 heteroatoms. The fourth-order valence-electron chi connectivity index (χ4n) is 3.35. The molecule has 35 heavy (non-hydrogen) atoms. The largest absolute Gasteiger partial charge is 0.468 e. The van der Waals surface area contributed by atoms with E-state index in [2.05, 4.69) is 35.5 Å². The molecule has 0 amide bonds. The SMILES string of the molecule is COC(=O)Cn1cnc2c(-c3ccccn3)cc(Nc3ncc(-c4nnc(C(F)F)o4)cn3)cc21. The Hall–Kier alpha value is -4.81. The molecular formula is C22H16F2N8O3. The number of hydrogen-bond donors (Lipinski definition) is 1. The number of pyridine rings is 1. The van der Waals surface area contributed by atoms with Gasteiger partial charge in [-0.1, -0.05) is 6.07 Å². The summed E-state index contributed by atoms with van der Waals surface area (Å²) in [7, 11) is 1.32. The molecule has 0 aliphatic heterocycles. The van der Waals surface area contributed by atoms with E-state index in [-0.39, 0.29) is 23.9 Å². The van der Waals surface area contributed by atoms with Gasteiger partial charge in [0.05, 0.1) is 35.7 Å². The van der Waals surface area contributed by atoms with Gasteiger partial charge in [0.25, 0.3) is 11.8 Å². The van der Waals surface area contributed by atoms with Gasteiger partial charge in [-0.25, -0.2) is 15.0 Å². The quantitative estimate of drug-likeness (QED) is 0.344. The van der Waals surface area contributed by atoms with Gasteiger partial charge in [-0.2, -0.15) is 8.78 Å². The molecular weight excluding hydrogens is 462 g/mol. The molecule has 1 aromatic carbocycles. The first-order chi connectivity index (χ1) is 17.0. The Bertz CT molecular complexity index is 1490. The maximum Gasteiger partial charge on any atom is 0.325 e. The minimum absolute atomic E-state index is 0.0197. The summed E-state index contributed by atoms with van der Waals surface area (Å²) in [5.74, 6) is -1.08. The Balaban J connectivity index is 1.49. The summed E-state index contributed by atoms with van der Waals surface area (Å²) >= 11 is 0. The van der Waals surface area contributed by atoms with Crippen LogP contribution >= 0.6 is 0 Å². The zero-order valence-electron chi connectivity index (χ0n) is 18.1. The van der Waals surface area contributed by atoms with Crippen LogP contribution in [-0.2, 0) is 16.1 Å². The van der Waals surface area contributed by atoms with Crippen LogP contribution in [0.2, 0.25) is 0 Å². The number of alkyl halides is 2. The second-order valence-electron chi connectivity index (χ2n) is 7.22. The van der Waals surface area contributed by atoms with Crippen molar-refractivity contribution >= 4 is 28.6 Å². The highest BCUT2D eigenvalue weighted by Gasteiger charge is 2.18. The van der Waals surface area contributed by atoms with Crippen LogP contribution in [0.25, 0.3) is 33.7 Å². The summed E-state index contributed by atoms with van der Waals surface area (Å²) in [5.41, 5.74) is 3.64. The van der Waals surface area contributed by atoms with Crippen molar-refractivity contribution in [1.82, 2.24) is 34.7 Å². The Morgan fingerprint density at radius 1 is 1.14 bits per heavy atom. The van der Waals surface area contributed by atoms with Gasteiger partial charge in [-0.3, -0.25) is 9.78 Å². The Labute approximate surface area is 195 Å². The molecule has 0 aliphatic carbocycles. The van der Waals surface area contributed by atoms with E-state index in [1.807, 2.05) is 24.3 Å². The first kappa shape index (κ1) is 22.0. The predicted molar refractivity (Wildman–Crippen MR) is 119 cm³/mol. The number of esters is 1. The molecule has 0 atom stereocenters. The fourth-order valence-corrected chi connectivity index (χ4v) is 3.35. The smallest absolute Gasteiger partial charge is 0.325 e. The van der Waals surface area contributed by atoms with Crippen LogP contribution in [-0.4, -0.2) is 47.8 Å². The number of rotatable bonds is 7. The van der Waals surface area contributed by atoms with Crippen molar-refractivity contribution < 1.29 is 22.7 Å². The average molecular weight is 478 g/mol. The number of carbonyl (C=O) groups is 1. The number of imidazole rings is 1. The lowest BCUT2D eigenvalue weighted by molar-refractivity contribution is -0.141. The van der Waals surface area contributed by atoms with Crippen molar-refractivity contribution in [1.29, 1.82) is 0 Å². The fraction of sp³-hybridized carbons (Fsp3) is 0.136. The van der Waals surface area contributed by atoms with Crippen LogP contribution in [0.3, 0.4) is 0 Å². The Morgan fingerprint density at radius 3 is 2.66 bits per heavy atom. The third-order valence-corrected chi connectivity index (χ3v) is 4.98. The third kappa shape index (κ3) is 4.51. The monoisotopic (exact) mass is 478 g/mol. The number of nitrogens with one attached hydrogen (secondary N) is 1. The van der Waals surface area contributed by atoms with Crippen LogP contribution in [0.4, 0.5) is 20.4 Å². The van der Waals surface area contributed by atoms with Gasteiger partial charge in [0.1, 0.15) is 6.54 Å². The standard InChI is InChI=1S/C22H16F2N8O3/c1-34-17(33)10-32-11-28-18-14(15-4-2-3-5-25-15)6-13(7-16(18)32)29-22-26-8-12(9-27-22)20-30-31-21(35-20)19(23)24/h2-9,11,19H,10H2,1H3,(H,26,27,29). The van der Waals surface area contributed by atoms with Crippen LogP contribution in [0, 0.1) is 0 Å². The molecule has 0 spiro atoms. The molecule has 0 radical (unpaired) electrons. The lowest BCUT2D eigenvalue weighted by Gasteiger charge is -2.10. The molecule has 1 N–H and O–H groups in total. The zero-order valence-corrected chi connectivity index (χ0v) is 18.1. The van der Waals surface area contributed by atoms with Gasteiger partial charge in [-0.05, 0) is 24.3 Å². The molecule has 0 saturated heterocycles. The number of methoxy groups -OCH3 is 1. The van der Waals surface area contributed by atoms with Gasteiger partial charge < -0.3 is 19.0 Å². The van der Waals surface area contributed by atoms with Crippen molar-refractivity contribution in [3.8, 4) is 22.7 Å². The van der Waals surface area contributed by atoms with Crippen molar-refractivity contribution in [2.75, 3.05) is 12.4 Å². The van der Waals surface area contributed by atoms with Crippen LogP contribution < -0.4 is 5.32 Å². The maximum atomic E-state index is 12.7. The highest BCUT2D eigenvalue weighted by molar-refractivity contribution is 5.95. The summed E-state index contributed by atoms with van der Waals surface area (Å²) in [4.78, 5) is 29.2. The lowest BCUT2D eigenvalue weighted by Crippen LogP contribution is -2.10. The van der Waals surface area contributed by atoms with E-state index in [1.165, 1.54) is 19.5 Å². The number of hydrogen-bond acceptors (Lipinski definition) is 10. The van der Waals surface area contributed by atoms with Gasteiger partial charge in [0.2, 0.25) is 5.95 Å². The molecule has 5 rings (SSSR count). The highest BCUT2D eigenvalue weighted by atomic mass is 19.3. The van der Waals surface area contributed by atoms with Crippen LogP contribution in [0.1, 0.15) is 12.3 Å². The van der Waals surface area contributed by atoms with E-state index >= 15 is 0 Å². The van der Waals surface area contributed by atoms with Crippen molar-refractivity contribution in [2.45, 2.75) is 13.0 Å². The first-order valence-electron chi connectivity index (χ1n) is 10.2. The number of halogens is 2. The number of carbonyl (C=O) groups excluding carboxylic acids is 1. The van der Waals surface area contributed by atoms with E-state index in [1.54, 1.807) is 23.2 Å². The van der Waals surface area contributed by atoms with E-state index < -0.39 is 18.3 Å². The van der Waals surface area contributed by atoms with Gasteiger partial charge in [-0.15, -0.1) is 10.2 Å². The van der Waals surface area contributed by atoms with E-state index in [9.17, 15) is 13.6 Å². The molecule has 5 aromatic rings. The Morgan fingerprint density at radius 2 is 1.97 bits per heavy atom. The summed E-state index contributed by atoms with van der Waals surface area (Å²) in [5, 5.41) is 9.98. The van der Waals surface area contributed by atoms with E-state index in [0.29, 0.717) is 22.4 Å². The molecule has 0 saturated carbocycles.